The van der Waals surface area contributed by atoms with E-state index in [0.29, 0.717) is 5.70 Å². The molecule has 2 unspecified atom stereocenters. The zero-order valence-electron chi connectivity index (χ0n) is 8.34. The van der Waals surface area contributed by atoms with Crippen LogP contribution in [0.1, 0.15) is 20.8 Å². The maximum Gasteiger partial charge on any atom is 0.154 e. The largest absolute Gasteiger partial charge is 0.399 e. The predicted molar refractivity (Wildman–Crippen MR) is 52.7 cm³/mol. The summed E-state index contributed by atoms with van der Waals surface area (Å²) in [5.41, 5.74) is 9.60. The Labute approximate surface area is 78.5 Å². The second-order valence-electron chi connectivity index (χ2n) is 4.55. The molecule has 1 aliphatic carbocycles. The first kappa shape index (κ1) is 10.3. The molecule has 0 aromatic heterocycles. The molecule has 0 amide bonds. The van der Waals surface area contributed by atoms with Crippen molar-refractivity contribution >= 4 is 0 Å². The summed E-state index contributed by atoms with van der Waals surface area (Å²) in [5, 5.41) is 0. The number of hydrogen-bond donors (Lipinski definition) is 2. The highest BCUT2D eigenvalue weighted by molar-refractivity contribution is 5.32. The average molecular weight is 184 g/mol. The smallest absolute Gasteiger partial charge is 0.154 e. The van der Waals surface area contributed by atoms with E-state index >= 15 is 0 Å². The first-order valence-corrected chi connectivity index (χ1v) is 4.38. The lowest BCUT2D eigenvalue weighted by atomic mass is 9.71. The van der Waals surface area contributed by atoms with E-state index in [1.54, 1.807) is 12.2 Å². The Hall–Kier alpha value is -0.830. The van der Waals surface area contributed by atoms with Crippen molar-refractivity contribution in [1.82, 2.24) is 0 Å². The van der Waals surface area contributed by atoms with Crippen molar-refractivity contribution in [3.63, 3.8) is 0 Å². The van der Waals surface area contributed by atoms with E-state index in [1.165, 1.54) is 6.08 Å². The van der Waals surface area contributed by atoms with Crippen LogP contribution in [0, 0.1) is 5.41 Å². The van der Waals surface area contributed by atoms with Crippen LogP contribution in [-0.4, -0.2) is 11.7 Å². The van der Waals surface area contributed by atoms with E-state index in [4.69, 9.17) is 11.5 Å². The third-order valence-corrected chi connectivity index (χ3v) is 2.51. The van der Waals surface area contributed by atoms with Gasteiger partial charge in [0.2, 0.25) is 0 Å². The van der Waals surface area contributed by atoms with Crippen LogP contribution in [0.2, 0.25) is 0 Å². The number of allylic oxidation sites excluding steroid dienone is 1. The zero-order valence-corrected chi connectivity index (χ0v) is 8.34. The van der Waals surface area contributed by atoms with Crippen molar-refractivity contribution in [3.05, 3.63) is 23.9 Å². The molecular weight excluding hydrogens is 167 g/mol. The molecule has 3 heteroatoms. The van der Waals surface area contributed by atoms with Crippen LogP contribution in [0.5, 0.6) is 0 Å². The minimum atomic E-state index is -1.55. The summed E-state index contributed by atoms with van der Waals surface area (Å²) in [4.78, 5) is 0. The Morgan fingerprint density at radius 1 is 1.46 bits per heavy atom. The minimum Gasteiger partial charge on any atom is -0.399 e. The summed E-state index contributed by atoms with van der Waals surface area (Å²) in [5.74, 6) is 0. The molecule has 0 radical (unpaired) electrons. The summed E-state index contributed by atoms with van der Waals surface area (Å²) < 4.78 is 14.4. The van der Waals surface area contributed by atoms with Crippen molar-refractivity contribution in [2.24, 2.45) is 16.9 Å². The van der Waals surface area contributed by atoms with E-state index in [9.17, 15) is 4.39 Å². The summed E-state index contributed by atoms with van der Waals surface area (Å²) in [7, 11) is 0. The van der Waals surface area contributed by atoms with Crippen molar-refractivity contribution < 1.29 is 4.39 Å². The van der Waals surface area contributed by atoms with Gasteiger partial charge in [0.15, 0.2) is 5.67 Å². The Kier molecular flexibility index (Phi) is 2.24. The number of rotatable bonds is 0. The standard InChI is InChI=1S/C10H17FN2/c1-9(2,3)10(11)6-7(12)4-5-8(10)13/h4-6,8H,12-13H2,1-3H3. The normalized spacial score (nSPS) is 34.5. The van der Waals surface area contributed by atoms with Crippen LogP contribution in [-0.2, 0) is 0 Å². The Morgan fingerprint density at radius 2 is 2.00 bits per heavy atom. The molecule has 0 spiro atoms. The molecule has 1 rings (SSSR count). The SMILES string of the molecule is CC(C)(C)C1(F)C=C(N)C=CC1N. The van der Waals surface area contributed by atoms with Crippen LogP contribution in [0.15, 0.2) is 23.9 Å². The highest BCUT2D eigenvalue weighted by Crippen LogP contribution is 2.40. The van der Waals surface area contributed by atoms with Crippen LogP contribution >= 0.6 is 0 Å². The van der Waals surface area contributed by atoms with E-state index < -0.39 is 17.1 Å². The molecule has 2 atom stereocenters. The third kappa shape index (κ3) is 1.61. The van der Waals surface area contributed by atoms with Gasteiger partial charge in [-0.3, -0.25) is 0 Å². The fourth-order valence-electron chi connectivity index (χ4n) is 1.46. The molecule has 0 saturated carbocycles. The fraction of sp³-hybridized carbons (Fsp3) is 0.600. The van der Waals surface area contributed by atoms with Gasteiger partial charge in [-0.25, -0.2) is 4.39 Å². The van der Waals surface area contributed by atoms with E-state index in [-0.39, 0.29) is 0 Å². The molecule has 0 fully saturated rings. The maximum absolute atomic E-state index is 14.4. The molecule has 0 aromatic rings. The first-order valence-electron chi connectivity index (χ1n) is 4.38. The average Bonchev–Trinajstić information content (AvgIpc) is 1.95. The van der Waals surface area contributed by atoms with Gasteiger partial charge in [-0.15, -0.1) is 0 Å². The molecule has 4 N–H and O–H groups in total. The van der Waals surface area contributed by atoms with Crippen molar-refractivity contribution in [2.75, 3.05) is 0 Å². The summed E-state index contributed by atoms with van der Waals surface area (Å²) >= 11 is 0. The van der Waals surface area contributed by atoms with Crippen LogP contribution in [0.3, 0.4) is 0 Å². The lowest BCUT2D eigenvalue weighted by Crippen LogP contribution is -2.52. The highest BCUT2D eigenvalue weighted by Gasteiger charge is 2.46. The predicted octanol–water partition coefficient (Wildman–Crippen LogP) is 1.48. The Balaban J connectivity index is 3.09. The van der Waals surface area contributed by atoms with Crippen LogP contribution in [0.4, 0.5) is 4.39 Å². The van der Waals surface area contributed by atoms with Gasteiger partial charge in [0, 0.05) is 11.1 Å². The summed E-state index contributed by atoms with van der Waals surface area (Å²) in [6.07, 6.45) is 4.67. The van der Waals surface area contributed by atoms with Gasteiger partial charge in [0.25, 0.3) is 0 Å². The Morgan fingerprint density at radius 3 is 2.38 bits per heavy atom. The first-order chi connectivity index (χ1) is 5.77. The molecular formula is C10H17FN2. The number of nitrogens with two attached hydrogens (primary N) is 2. The molecule has 2 nitrogen and oxygen atoms in total. The van der Waals surface area contributed by atoms with E-state index in [1.807, 2.05) is 20.8 Å². The quantitative estimate of drug-likeness (QED) is 0.599. The number of halogens is 1. The molecule has 13 heavy (non-hydrogen) atoms. The number of alkyl halides is 1. The van der Waals surface area contributed by atoms with Gasteiger partial charge in [-0.2, -0.15) is 0 Å². The van der Waals surface area contributed by atoms with Gasteiger partial charge in [-0.05, 0) is 12.2 Å². The number of hydrogen-bond acceptors (Lipinski definition) is 2. The van der Waals surface area contributed by atoms with Gasteiger partial charge in [-0.1, -0.05) is 26.8 Å². The van der Waals surface area contributed by atoms with Gasteiger partial charge in [0.1, 0.15) is 0 Å². The van der Waals surface area contributed by atoms with E-state index in [2.05, 4.69) is 0 Å². The van der Waals surface area contributed by atoms with E-state index in [0.717, 1.165) is 0 Å². The molecule has 0 heterocycles. The molecule has 1 aliphatic rings. The van der Waals surface area contributed by atoms with Gasteiger partial charge in [0.05, 0.1) is 6.04 Å². The minimum absolute atomic E-state index is 0.444. The lowest BCUT2D eigenvalue weighted by molar-refractivity contribution is 0.0639. The molecule has 0 aromatic carbocycles. The zero-order chi connectivity index (χ0) is 10.3. The molecule has 0 aliphatic heterocycles. The maximum atomic E-state index is 14.4. The van der Waals surface area contributed by atoms with Crippen molar-refractivity contribution in [2.45, 2.75) is 32.5 Å². The summed E-state index contributed by atoms with van der Waals surface area (Å²) in [6.45, 7) is 5.45. The van der Waals surface area contributed by atoms with Crippen molar-refractivity contribution in [3.8, 4) is 0 Å². The highest BCUT2D eigenvalue weighted by atomic mass is 19.1. The monoisotopic (exact) mass is 184 g/mol. The fourth-order valence-corrected chi connectivity index (χ4v) is 1.46. The second kappa shape index (κ2) is 2.84. The molecule has 0 saturated heterocycles. The van der Waals surface area contributed by atoms with Gasteiger partial charge < -0.3 is 11.5 Å². The van der Waals surface area contributed by atoms with Crippen LogP contribution in [0.25, 0.3) is 0 Å². The third-order valence-electron chi connectivity index (χ3n) is 2.51. The van der Waals surface area contributed by atoms with Crippen LogP contribution < -0.4 is 11.5 Å². The lowest BCUT2D eigenvalue weighted by Gasteiger charge is -2.40. The van der Waals surface area contributed by atoms with Crippen molar-refractivity contribution in [1.29, 1.82) is 0 Å². The molecule has 0 bridgehead atoms. The second-order valence-corrected chi connectivity index (χ2v) is 4.55. The Bertz CT molecular complexity index is 263. The summed E-state index contributed by atoms with van der Waals surface area (Å²) in [6, 6.07) is -0.611. The topological polar surface area (TPSA) is 52.0 Å². The van der Waals surface area contributed by atoms with Gasteiger partial charge >= 0.3 is 0 Å². The molecule has 74 valence electrons.